The number of benzene rings is 3. The molecule has 0 aliphatic carbocycles. The lowest BCUT2D eigenvalue weighted by Crippen LogP contribution is -2.25. The number of rotatable bonds is 7. The first kappa shape index (κ1) is 22.1. The number of carbonyl (C=O) groups excluding carboxylic acids is 1. The SMILES string of the molecule is CCOc1ccc(/C=N/N(C(=O)c2cccc([N+](=O)[O-])c2)c2nc3ccc(C)cc3s2)cc1. The van der Waals surface area contributed by atoms with E-state index in [1.54, 1.807) is 6.21 Å². The number of nitro benzene ring substituents is 1. The van der Waals surface area contributed by atoms with E-state index in [0.29, 0.717) is 11.7 Å². The fourth-order valence-corrected chi connectivity index (χ4v) is 4.14. The smallest absolute Gasteiger partial charge is 0.281 e. The normalized spacial score (nSPS) is 11.1. The maximum atomic E-state index is 13.4. The summed E-state index contributed by atoms with van der Waals surface area (Å²) in [6, 6.07) is 18.7. The van der Waals surface area contributed by atoms with Crippen molar-refractivity contribution < 1.29 is 14.5 Å². The van der Waals surface area contributed by atoms with Gasteiger partial charge in [0, 0.05) is 17.7 Å². The van der Waals surface area contributed by atoms with Gasteiger partial charge in [0.05, 0.1) is 28.0 Å². The Kier molecular flexibility index (Phi) is 6.41. The molecule has 0 aliphatic rings. The molecule has 0 bridgehead atoms. The third-order valence-electron chi connectivity index (χ3n) is 4.72. The van der Waals surface area contributed by atoms with E-state index >= 15 is 0 Å². The first-order valence-electron chi connectivity index (χ1n) is 10.2. The molecular formula is C24H20N4O4S. The Morgan fingerprint density at radius 1 is 1.18 bits per heavy atom. The largest absolute Gasteiger partial charge is 0.494 e. The minimum absolute atomic E-state index is 0.142. The molecule has 0 atom stereocenters. The zero-order valence-corrected chi connectivity index (χ0v) is 18.8. The van der Waals surface area contributed by atoms with Gasteiger partial charge in [-0.05, 0) is 67.4 Å². The number of ether oxygens (including phenoxy) is 1. The molecule has 9 heteroatoms. The van der Waals surface area contributed by atoms with Crippen molar-refractivity contribution in [1.29, 1.82) is 0 Å². The van der Waals surface area contributed by atoms with Gasteiger partial charge in [0.25, 0.3) is 11.6 Å². The van der Waals surface area contributed by atoms with E-state index in [0.717, 1.165) is 27.1 Å². The van der Waals surface area contributed by atoms with Gasteiger partial charge < -0.3 is 4.74 Å². The van der Waals surface area contributed by atoms with Crippen molar-refractivity contribution in [1.82, 2.24) is 4.98 Å². The number of amides is 1. The van der Waals surface area contributed by atoms with Gasteiger partial charge in [0.2, 0.25) is 5.13 Å². The van der Waals surface area contributed by atoms with Gasteiger partial charge in [-0.3, -0.25) is 14.9 Å². The van der Waals surface area contributed by atoms with Crippen LogP contribution in [-0.2, 0) is 0 Å². The number of hydrazone groups is 1. The third-order valence-corrected chi connectivity index (χ3v) is 5.72. The third kappa shape index (κ3) is 5.04. The second kappa shape index (κ2) is 9.58. The lowest BCUT2D eigenvalue weighted by molar-refractivity contribution is -0.384. The summed E-state index contributed by atoms with van der Waals surface area (Å²) in [5, 5.41) is 17.1. The van der Waals surface area contributed by atoms with E-state index in [-0.39, 0.29) is 11.3 Å². The van der Waals surface area contributed by atoms with E-state index in [1.165, 1.54) is 40.6 Å². The summed E-state index contributed by atoms with van der Waals surface area (Å²) in [6.07, 6.45) is 1.54. The maximum absolute atomic E-state index is 13.4. The van der Waals surface area contributed by atoms with Gasteiger partial charge in [-0.25, -0.2) is 4.98 Å². The van der Waals surface area contributed by atoms with E-state index in [9.17, 15) is 14.9 Å². The molecule has 0 saturated heterocycles. The van der Waals surface area contributed by atoms with Gasteiger partial charge in [-0.2, -0.15) is 10.1 Å². The monoisotopic (exact) mass is 460 g/mol. The van der Waals surface area contributed by atoms with Crippen LogP contribution < -0.4 is 9.75 Å². The zero-order chi connectivity index (χ0) is 23.4. The first-order valence-corrected chi connectivity index (χ1v) is 11.0. The molecular weight excluding hydrogens is 440 g/mol. The highest BCUT2D eigenvalue weighted by Crippen LogP contribution is 2.31. The predicted molar refractivity (Wildman–Crippen MR) is 129 cm³/mol. The lowest BCUT2D eigenvalue weighted by atomic mass is 10.2. The van der Waals surface area contributed by atoms with Crippen LogP contribution >= 0.6 is 11.3 Å². The molecule has 1 amide bonds. The number of aryl methyl sites for hydroxylation is 1. The molecule has 0 saturated carbocycles. The van der Waals surface area contributed by atoms with E-state index in [4.69, 9.17) is 4.74 Å². The number of fused-ring (bicyclic) bond motifs is 1. The average molecular weight is 461 g/mol. The van der Waals surface area contributed by atoms with Crippen LogP contribution in [0.25, 0.3) is 10.2 Å². The standard InChI is InChI=1S/C24H20N4O4S/c1-3-32-20-10-8-17(9-11-20)15-25-27(23(29)18-5-4-6-19(14-18)28(30)31)24-26-21-12-7-16(2)13-22(21)33-24/h4-15H,3H2,1-2H3/b25-15+. The predicted octanol–water partition coefficient (Wildman–Crippen LogP) is 5.59. The summed E-state index contributed by atoms with van der Waals surface area (Å²) < 4.78 is 6.37. The molecule has 0 spiro atoms. The summed E-state index contributed by atoms with van der Waals surface area (Å²) in [5.74, 6) is 0.220. The molecule has 4 rings (SSSR count). The minimum atomic E-state index is -0.537. The van der Waals surface area contributed by atoms with Crippen LogP contribution in [0.3, 0.4) is 0 Å². The Morgan fingerprint density at radius 3 is 2.70 bits per heavy atom. The second-order valence-corrected chi connectivity index (χ2v) is 8.15. The highest BCUT2D eigenvalue weighted by atomic mass is 32.1. The van der Waals surface area contributed by atoms with Crippen LogP contribution in [0.1, 0.15) is 28.4 Å². The molecule has 0 N–H and O–H groups in total. The number of carbonyl (C=O) groups is 1. The van der Waals surface area contributed by atoms with Crippen molar-refractivity contribution in [3.05, 3.63) is 93.5 Å². The van der Waals surface area contributed by atoms with Gasteiger partial charge in [0.1, 0.15) is 5.75 Å². The number of hydrogen-bond acceptors (Lipinski definition) is 7. The topological polar surface area (TPSA) is 97.9 Å². The Hall–Kier alpha value is -4.11. The van der Waals surface area contributed by atoms with Crippen molar-refractivity contribution in [3.8, 4) is 5.75 Å². The Balaban J connectivity index is 1.73. The molecule has 33 heavy (non-hydrogen) atoms. The molecule has 0 aliphatic heterocycles. The van der Waals surface area contributed by atoms with Crippen LogP contribution in [0.5, 0.6) is 5.75 Å². The number of non-ortho nitro benzene ring substituents is 1. The van der Waals surface area contributed by atoms with E-state index in [2.05, 4.69) is 10.1 Å². The summed E-state index contributed by atoms with van der Waals surface area (Å²) in [7, 11) is 0. The van der Waals surface area contributed by atoms with Crippen molar-refractivity contribution in [3.63, 3.8) is 0 Å². The number of nitrogens with zero attached hydrogens (tertiary/aromatic N) is 4. The Morgan fingerprint density at radius 2 is 1.97 bits per heavy atom. The quantitative estimate of drug-likeness (QED) is 0.203. The fourth-order valence-electron chi connectivity index (χ4n) is 3.11. The van der Waals surface area contributed by atoms with E-state index < -0.39 is 10.8 Å². The van der Waals surface area contributed by atoms with Crippen molar-refractivity contribution >= 4 is 44.5 Å². The van der Waals surface area contributed by atoms with Crippen LogP contribution in [0.4, 0.5) is 10.8 Å². The van der Waals surface area contributed by atoms with Crippen LogP contribution in [0.15, 0.2) is 71.8 Å². The lowest BCUT2D eigenvalue weighted by Gasteiger charge is -2.13. The van der Waals surface area contributed by atoms with Gasteiger partial charge in [-0.15, -0.1) is 0 Å². The number of aromatic nitrogens is 1. The fraction of sp³-hybridized carbons (Fsp3) is 0.125. The van der Waals surface area contributed by atoms with Crippen molar-refractivity contribution in [2.24, 2.45) is 5.10 Å². The molecule has 0 radical (unpaired) electrons. The average Bonchev–Trinajstić information content (AvgIpc) is 3.23. The molecule has 1 heterocycles. The van der Waals surface area contributed by atoms with Gasteiger partial charge >= 0.3 is 0 Å². The molecule has 3 aromatic carbocycles. The molecule has 0 unspecified atom stereocenters. The van der Waals surface area contributed by atoms with Gasteiger partial charge in [-0.1, -0.05) is 23.5 Å². The summed E-state index contributed by atoms with van der Waals surface area (Å²) >= 11 is 1.32. The van der Waals surface area contributed by atoms with E-state index in [1.807, 2.05) is 56.3 Å². The number of nitro groups is 1. The highest BCUT2D eigenvalue weighted by molar-refractivity contribution is 7.22. The molecule has 0 fully saturated rings. The number of thiazole rings is 1. The molecule has 8 nitrogen and oxygen atoms in total. The second-order valence-electron chi connectivity index (χ2n) is 7.14. The highest BCUT2D eigenvalue weighted by Gasteiger charge is 2.22. The molecule has 1 aromatic heterocycles. The molecule has 166 valence electrons. The number of hydrogen-bond donors (Lipinski definition) is 0. The summed E-state index contributed by atoms with van der Waals surface area (Å²) in [4.78, 5) is 28.6. The molecule has 4 aromatic rings. The van der Waals surface area contributed by atoms with Crippen LogP contribution in [0, 0.1) is 17.0 Å². The Bertz CT molecular complexity index is 1350. The van der Waals surface area contributed by atoms with Crippen molar-refractivity contribution in [2.75, 3.05) is 11.6 Å². The minimum Gasteiger partial charge on any atom is -0.494 e. The van der Waals surface area contributed by atoms with Crippen molar-refractivity contribution in [2.45, 2.75) is 13.8 Å². The summed E-state index contributed by atoms with van der Waals surface area (Å²) in [5.41, 5.74) is 2.55. The van der Waals surface area contributed by atoms with Crippen LogP contribution in [0.2, 0.25) is 0 Å². The first-order chi connectivity index (χ1) is 15.9. The maximum Gasteiger partial charge on any atom is 0.281 e. The summed E-state index contributed by atoms with van der Waals surface area (Å²) in [6.45, 7) is 4.46. The van der Waals surface area contributed by atoms with Crippen LogP contribution in [-0.4, -0.2) is 28.6 Å². The Labute approximate surface area is 193 Å². The van der Waals surface area contributed by atoms with Gasteiger partial charge in [0.15, 0.2) is 0 Å². The zero-order valence-electron chi connectivity index (χ0n) is 18.0. The number of anilines is 1.